The Morgan fingerprint density at radius 2 is 2.00 bits per heavy atom. The number of aryl methyl sites for hydroxylation is 1. The van der Waals surface area contributed by atoms with Crippen molar-refractivity contribution in [2.45, 2.75) is 37.7 Å². The van der Waals surface area contributed by atoms with Gasteiger partial charge in [-0.25, -0.2) is 0 Å². The molecule has 8 heteroatoms. The monoisotopic (exact) mass is 434 g/mol. The molecule has 0 fully saturated rings. The van der Waals surface area contributed by atoms with Crippen molar-refractivity contribution in [1.29, 1.82) is 0 Å². The molecule has 0 aliphatic rings. The molecule has 1 atom stereocenters. The first-order valence-corrected chi connectivity index (χ1v) is 10.5. The van der Waals surface area contributed by atoms with Gasteiger partial charge in [-0.05, 0) is 37.6 Å². The molecule has 0 bridgehead atoms. The van der Waals surface area contributed by atoms with Gasteiger partial charge < -0.3 is 5.32 Å². The lowest BCUT2D eigenvalue weighted by Crippen LogP contribution is -2.26. The maximum Gasteiger partial charge on any atom is 0.217 e. The van der Waals surface area contributed by atoms with Crippen molar-refractivity contribution in [3.05, 3.63) is 69.5 Å². The molecule has 28 heavy (non-hydrogen) atoms. The SMILES string of the molecule is CC(=O)NC(C)c1nnc(SCc2cccc(C)c2)n1-c1ccc(Cl)cc1Cl. The first-order valence-electron chi connectivity index (χ1n) is 8.71. The molecule has 1 N–H and O–H groups in total. The Balaban J connectivity index is 1.99. The second-order valence-corrected chi connectivity index (χ2v) is 8.26. The van der Waals surface area contributed by atoms with E-state index in [4.69, 9.17) is 23.2 Å². The zero-order valence-corrected chi connectivity index (χ0v) is 18.1. The molecular weight excluding hydrogens is 415 g/mol. The van der Waals surface area contributed by atoms with Crippen LogP contribution in [0.1, 0.15) is 36.8 Å². The van der Waals surface area contributed by atoms with Crippen LogP contribution in [0.5, 0.6) is 0 Å². The second-order valence-electron chi connectivity index (χ2n) is 6.47. The summed E-state index contributed by atoms with van der Waals surface area (Å²) in [4.78, 5) is 11.5. The first kappa shape index (κ1) is 20.7. The Morgan fingerprint density at radius 1 is 1.21 bits per heavy atom. The van der Waals surface area contributed by atoms with Crippen LogP contribution in [0, 0.1) is 6.92 Å². The van der Waals surface area contributed by atoms with E-state index in [0.717, 1.165) is 11.4 Å². The van der Waals surface area contributed by atoms with Gasteiger partial charge in [0.2, 0.25) is 5.91 Å². The Morgan fingerprint density at radius 3 is 2.68 bits per heavy atom. The summed E-state index contributed by atoms with van der Waals surface area (Å²) in [5.74, 6) is 1.20. The Labute approximate surface area is 178 Å². The van der Waals surface area contributed by atoms with Crippen LogP contribution in [0.4, 0.5) is 0 Å². The van der Waals surface area contributed by atoms with Crippen molar-refractivity contribution in [2.24, 2.45) is 0 Å². The van der Waals surface area contributed by atoms with E-state index in [1.54, 1.807) is 23.9 Å². The number of amides is 1. The number of nitrogens with one attached hydrogen (secondary N) is 1. The van der Waals surface area contributed by atoms with Crippen molar-refractivity contribution in [2.75, 3.05) is 0 Å². The molecule has 146 valence electrons. The van der Waals surface area contributed by atoms with E-state index in [9.17, 15) is 4.79 Å². The minimum atomic E-state index is -0.329. The third-order valence-corrected chi connectivity index (χ3v) is 5.60. The zero-order chi connectivity index (χ0) is 20.3. The highest BCUT2D eigenvalue weighted by atomic mass is 35.5. The molecule has 0 aliphatic carbocycles. The number of benzene rings is 2. The third kappa shape index (κ3) is 4.87. The van der Waals surface area contributed by atoms with Gasteiger partial charge in [0.15, 0.2) is 11.0 Å². The summed E-state index contributed by atoms with van der Waals surface area (Å²) in [6.45, 7) is 5.40. The molecule has 2 aromatic carbocycles. The van der Waals surface area contributed by atoms with Crippen LogP contribution in [0.3, 0.4) is 0 Å². The number of carbonyl (C=O) groups excluding carboxylic acids is 1. The normalized spacial score (nSPS) is 12.0. The molecule has 1 heterocycles. The number of hydrogen-bond donors (Lipinski definition) is 1. The molecule has 1 amide bonds. The second kappa shape index (κ2) is 8.99. The van der Waals surface area contributed by atoms with Gasteiger partial charge in [-0.3, -0.25) is 9.36 Å². The number of rotatable bonds is 6. The lowest BCUT2D eigenvalue weighted by atomic mass is 10.2. The largest absolute Gasteiger partial charge is 0.347 e. The predicted molar refractivity (Wildman–Crippen MR) is 114 cm³/mol. The number of hydrogen-bond acceptors (Lipinski definition) is 4. The van der Waals surface area contributed by atoms with Gasteiger partial charge in [-0.1, -0.05) is 64.8 Å². The number of nitrogens with zero attached hydrogens (tertiary/aromatic N) is 3. The summed E-state index contributed by atoms with van der Waals surface area (Å²) in [5.41, 5.74) is 3.12. The topological polar surface area (TPSA) is 59.8 Å². The van der Waals surface area contributed by atoms with E-state index >= 15 is 0 Å². The number of aromatic nitrogens is 3. The van der Waals surface area contributed by atoms with Crippen LogP contribution in [-0.2, 0) is 10.5 Å². The minimum Gasteiger partial charge on any atom is -0.347 e. The first-order chi connectivity index (χ1) is 13.3. The Kier molecular flexibility index (Phi) is 6.65. The van der Waals surface area contributed by atoms with E-state index in [-0.39, 0.29) is 11.9 Å². The number of carbonyl (C=O) groups is 1. The summed E-state index contributed by atoms with van der Waals surface area (Å²) in [6, 6.07) is 13.3. The fourth-order valence-corrected chi connectivity index (χ4v) is 4.25. The van der Waals surface area contributed by atoms with Crippen LogP contribution >= 0.6 is 35.0 Å². The molecule has 1 unspecified atom stereocenters. The summed E-state index contributed by atoms with van der Waals surface area (Å²) in [7, 11) is 0. The summed E-state index contributed by atoms with van der Waals surface area (Å²) >= 11 is 14.1. The van der Waals surface area contributed by atoms with Gasteiger partial charge in [0.05, 0.1) is 16.8 Å². The molecule has 3 aromatic rings. The highest BCUT2D eigenvalue weighted by Gasteiger charge is 2.21. The summed E-state index contributed by atoms with van der Waals surface area (Å²) < 4.78 is 1.87. The maximum absolute atomic E-state index is 11.5. The molecule has 5 nitrogen and oxygen atoms in total. The van der Waals surface area contributed by atoms with Crippen LogP contribution in [0.15, 0.2) is 47.6 Å². The highest BCUT2D eigenvalue weighted by molar-refractivity contribution is 7.98. The third-order valence-electron chi connectivity index (χ3n) is 4.07. The molecule has 0 saturated carbocycles. The summed E-state index contributed by atoms with van der Waals surface area (Å²) in [5, 5.41) is 13.3. The molecule has 3 rings (SSSR count). The quantitative estimate of drug-likeness (QED) is 0.529. The standard InChI is InChI=1S/C20H20Cl2N4OS/c1-12-5-4-6-15(9-12)11-28-20-25-24-19(13(2)23-14(3)27)26(20)18-8-7-16(21)10-17(18)22/h4-10,13H,11H2,1-3H3,(H,23,27). The fraction of sp³-hybridized carbons (Fsp3) is 0.250. The van der Waals surface area contributed by atoms with Crippen molar-refractivity contribution in [3.63, 3.8) is 0 Å². The van der Waals surface area contributed by atoms with Gasteiger partial charge in [0.1, 0.15) is 0 Å². The van der Waals surface area contributed by atoms with Gasteiger partial charge in [0, 0.05) is 17.7 Å². The van der Waals surface area contributed by atoms with E-state index < -0.39 is 0 Å². The van der Waals surface area contributed by atoms with Crippen molar-refractivity contribution in [1.82, 2.24) is 20.1 Å². The van der Waals surface area contributed by atoms with E-state index in [0.29, 0.717) is 21.0 Å². The molecule has 0 spiro atoms. The Bertz CT molecular complexity index is 1010. The van der Waals surface area contributed by atoms with Gasteiger partial charge in [-0.15, -0.1) is 10.2 Å². The van der Waals surface area contributed by atoms with E-state index in [1.807, 2.05) is 23.6 Å². The Hall–Kier alpha value is -2.02. The van der Waals surface area contributed by atoms with Gasteiger partial charge in [-0.2, -0.15) is 0 Å². The zero-order valence-electron chi connectivity index (χ0n) is 15.7. The van der Waals surface area contributed by atoms with Gasteiger partial charge in [0.25, 0.3) is 0 Å². The smallest absolute Gasteiger partial charge is 0.217 e. The van der Waals surface area contributed by atoms with Crippen molar-refractivity contribution < 1.29 is 4.79 Å². The molecule has 0 radical (unpaired) electrons. The van der Waals surface area contributed by atoms with Crippen molar-refractivity contribution >= 4 is 40.9 Å². The molecule has 0 saturated heterocycles. The van der Waals surface area contributed by atoms with Crippen LogP contribution < -0.4 is 5.32 Å². The van der Waals surface area contributed by atoms with Crippen LogP contribution in [0.25, 0.3) is 5.69 Å². The van der Waals surface area contributed by atoms with Crippen LogP contribution in [-0.4, -0.2) is 20.7 Å². The average Bonchev–Trinajstić information content (AvgIpc) is 3.03. The number of thioether (sulfide) groups is 1. The lowest BCUT2D eigenvalue weighted by molar-refractivity contribution is -0.119. The van der Waals surface area contributed by atoms with E-state index in [1.165, 1.54) is 18.1 Å². The fourth-order valence-electron chi connectivity index (χ4n) is 2.86. The maximum atomic E-state index is 11.5. The van der Waals surface area contributed by atoms with E-state index in [2.05, 4.69) is 40.6 Å². The van der Waals surface area contributed by atoms with Crippen molar-refractivity contribution in [3.8, 4) is 5.69 Å². The lowest BCUT2D eigenvalue weighted by Gasteiger charge is -2.16. The minimum absolute atomic E-state index is 0.141. The average molecular weight is 435 g/mol. The molecule has 0 aliphatic heterocycles. The molecule has 1 aromatic heterocycles. The summed E-state index contributed by atoms with van der Waals surface area (Å²) in [6.07, 6.45) is 0. The predicted octanol–water partition coefficient (Wildman–Crippen LogP) is 5.37. The highest BCUT2D eigenvalue weighted by Crippen LogP contribution is 2.32. The van der Waals surface area contributed by atoms with Gasteiger partial charge >= 0.3 is 0 Å². The van der Waals surface area contributed by atoms with Crippen LogP contribution in [0.2, 0.25) is 10.0 Å². The number of halogens is 2. The molecular formula is C20H20Cl2N4OS.